The number of fused-ring (bicyclic) bond motifs is 1. The summed E-state index contributed by atoms with van der Waals surface area (Å²) in [5, 5.41) is 3.21. The van der Waals surface area contributed by atoms with Crippen molar-refractivity contribution in [2.45, 2.75) is 6.04 Å². The van der Waals surface area contributed by atoms with Crippen LogP contribution in [0.4, 0.5) is 4.79 Å². The zero-order valence-corrected chi connectivity index (χ0v) is 17.2. The lowest BCUT2D eigenvalue weighted by atomic mass is 10.0. The lowest BCUT2D eigenvalue weighted by molar-refractivity contribution is -0.122. The second-order valence-corrected chi connectivity index (χ2v) is 7.84. The van der Waals surface area contributed by atoms with E-state index in [0.717, 1.165) is 23.2 Å². The molecular weight excluding hydrogens is 436 g/mol. The van der Waals surface area contributed by atoms with Gasteiger partial charge in [0.1, 0.15) is 18.4 Å². The Morgan fingerprint density at radius 1 is 1.06 bits per heavy atom. The second-order valence-electron chi connectivity index (χ2n) is 6.83. The molecule has 1 saturated heterocycles. The van der Waals surface area contributed by atoms with E-state index in [2.05, 4.69) is 10.3 Å². The van der Waals surface area contributed by atoms with E-state index in [9.17, 15) is 24.0 Å². The highest BCUT2D eigenvalue weighted by Crippen LogP contribution is 2.32. The van der Waals surface area contributed by atoms with Gasteiger partial charge in [-0.1, -0.05) is 30.3 Å². The summed E-state index contributed by atoms with van der Waals surface area (Å²) in [6.07, 6.45) is 1.61. The highest BCUT2D eigenvalue weighted by Gasteiger charge is 2.25. The average Bonchev–Trinajstić information content (AvgIpc) is 3.08. The maximum absolute atomic E-state index is 12.5. The van der Waals surface area contributed by atoms with Crippen molar-refractivity contribution in [2.75, 3.05) is 6.61 Å². The van der Waals surface area contributed by atoms with Crippen LogP contribution >= 0.6 is 11.8 Å². The van der Waals surface area contributed by atoms with Crippen LogP contribution in [0, 0.1) is 0 Å². The number of hydrogen-bond donors (Lipinski definition) is 4. The summed E-state index contributed by atoms with van der Waals surface area (Å²) in [7, 11) is 0. The van der Waals surface area contributed by atoms with Crippen molar-refractivity contribution in [3.05, 3.63) is 79.5 Å². The number of ketones is 1. The average molecular weight is 452 g/mol. The number of rotatable bonds is 6. The van der Waals surface area contributed by atoms with Crippen molar-refractivity contribution in [1.82, 2.24) is 15.3 Å². The van der Waals surface area contributed by atoms with E-state index in [4.69, 9.17) is 10.5 Å². The first-order chi connectivity index (χ1) is 15.3. The fourth-order valence-corrected chi connectivity index (χ4v) is 3.85. The SMILES string of the molecule is NC(C(=O)COc1ccc(C=C2SC(=O)NC2=O)c2ccccc12)c1cc(=O)[nH]c(=O)[nH]1. The fourth-order valence-electron chi connectivity index (χ4n) is 3.18. The van der Waals surface area contributed by atoms with Crippen molar-refractivity contribution in [2.24, 2.45) is 5.73 Å². The zero-order chi connectivity index (χ0) is 22.8. The van der Waals surface area contributed by atoms with Gasteiger partial charge in [-0.05, 0) is 34.9 Å². The molecule has 4 rings (SSSR count). The van der Waals surface area contributed by atoms with Gasteiger partial charge in [0.05, 0.1) is 4.91 Å². The number of carbonyl (C=O) groups excluding carboxylic acids is 3. The largest absolute Gasteiger partial charge is 0.485 e. The Kier molecular flexibility index (Phi) is 5.75. The molecule has 2 amide bonds. The van der Waals surface area contributed by atoms with Crippen LogP contribution in [-0.2, 0) is 9.59 Å². The normalized spacial score (nSPS) is 15.7. The zero-order valence-electron chi connectivity index (χ0n) is 16.3. The van der Waals surface area contributed by atoms with E-state index in [1.54, 1.807) is 30.3 Å². The van der Waals surface area contributed by atoms with Gasteiger partial charge in [0.2, 0.25) is 0 Å². The Hall–Kier alpha value is -3.96. The van der Waals surface area contributed by atoms with Gasteiger partial charge in [-0.3, -0.25) is 29.5 Å². The summed E-state index contributed by atoms with van der Waals surface area (Å²) in [5.41, 5.74) is 5.12. The van der Waals surface area contributed by atoms with Crippen LogP contribution in [-0.4, -0.2) is 33.5 Å². The molecule has 1 unspecified atom stereocenters. The van der Waals surface area contributed by atoms with Gasteiger partial charge >= 0.3 is 5.69 Å². The number of carbonyl (C=O) groups is 3. The van der Waals surface area contributed by atoms with E-state index in [1.165, 1.54) is 0 Å². The lowest BCUT2D eigenvalue weighted by Gasteiger charge is -2.13. The molecule has 162 valence electrons. The first-order valence-electron chi connectivity index (χ1n) is 9.33. The topological polar surface area (TPSA) is 164 Å². The molecule has 2 aromatic carbocycles. The number of benzene rings is 2. The van der Waals surface area contributed by atoms with Gasteiger partial charge in [-0.15, -0.1) is 0 Å². The third kappa shape index (κ3) is 4.38. The second kappa shape index (κ2) is 8.65. The van der Waals surface area contributed by atoms with Gasteiger partial charge < -0.3 is 15.5 Å². The molecule has 0 radical (unpaired) electrons. The molecule has 0 bridgehead atoms. The predicted molar refractivity (Wildman–Crippen MR) is 118 cm³/mol. The number of nitrogens with one attached hydrogen (secondary N) is 3. The van der Waals surface area contributed by atoms with E-state index < -0.39 is 40.8 Å². The van der Waals surface area contributed by atoms with Crippen LogP contribution in [0.5, 0.6) is 5.75 Å². The molecular formula is C21H16N4O6S. The monoisotopic (exact) mass is 452 g/mol. The standard InChI is InChI=1S/C21H16N4O6S/c22-18(13-8-17(27)24-20(29)23-13)14(26)9-31-15-6-5-10(11-3-1-2-4-12(11)15)7-16-19(28)25-21(30)32-16/h1-8,18H,9,22H2,(H,25,28,30)(H2,23,24,27,29). The van der Waals surface area contributed by atoms with Crippen molar-refractivity contribution in [3.63, 3.8) is 0 Å². The van der Waals surface area contributed by atoms with Gasteiger partial charge in [0.15, 0.2) is 5.78 Å². The highest BCUT2D eigenvalue weighted by atomic mass is 32.2. The molecule has 0 spiro atoms. The third-order valence-electron chi connectivity index (χ3n) is 4.68. The minimum absolute atomic E-state index is 0.0129. The van der Waals surface area contributed by atoms with E-state index in [-0.39, 0.29) is 10.6 Å². The van der Waals surface area contributed by atoms with Crippen LogP contribution in [0.15, 0.2) is 57.0 Å². The van der Waals surface area contributed by atoms with Gasteiger partial charge in [-0.25, -0.2) is 4.79 Å². The summed E-state index contributed by atoms with van der Waals surface area (Å²) < 4.78 is 5.68. The smallest absolute Gasteiger partial charge is 0.325 e. The molecule has 5 N–H and O–H groups in total. The number of nitrogens with two attached hydrogens (primary N) is 1. The number of aromatic amines is 2. The molecule has 1 fully saturated rings. The number of hydrogen-bond acceptors (Lipinski definition) is 8. The van der Waals surface area contributed by atoms with E-state index in [0.29, 0.717) is 16.7 Å². The van der Waals surface area contributed by atoms with Crippen LogP contribution in [0.3, 0.4) is 0 Å². The van der Waals surface area contributed by atoms with Gasteiger partial charge in [0, 0.05) is 17.1 Å². The molecule has 1 aromatic heterocycles. The lowest BCUT2D eigenvalue weighted by Crippen LogP contribution is -2.32. The van der Waals surface area contributed by atoms with E-state index >= 15 is 0 Å². The molecule has 1 aliphatic heterocycles. The molecule has 32 heavy (non-hydrogen) atoms. The number of ether oxygens (including phenoxy) is 1. The molecule has 2 heterocycles. The van der Waals surface area contributed by atoms with Crippen molar-refractivity contribution in [1.29, 1.82) is 0 Å². The molecule has 0 aliphatic carbocycles. The van der Waals surface area contributed by atoms with Crippen LogP contribution in [0.1, 0.15) is 17.3 Å². The number of amides is 2. The van der Waals surface area contributed by atoms with Crippen LogP contribution < -0.4 is 27.0 Å². The Morgan fingerprint density at radius 3 is 2.50 bits per heavy atom. The summed E-state index contributed by atoms with van der Waals surface area (Å²) in [5.74, 6) is -0.594. The minimum Gasteiger partial charge on any atom is -0.485 e. The molecule has 10 nitrogen and oxygen atoms in total. The number of thioether (sulfide) groups is 1. The molecule has 0 saturated carbocycles. The third-order valence-corrected chi connectivity index (χ3v) is 5.49. The van der Waals surface area contributed by atoms with Gasteiger partial charge in [-0.2, -0.15) is 0 Å². The maximum Gasteiger partial charge on any atom is 0.325 e. The minimum atomic E-state index is -1.24. The predicted octanol–water partition coefficient (Wildman–Crippen LogP) is 1.19. The van der Waals surface area contributed by atoms with Crippen LogP contribution in [0.2, 0.25) is 0 Å². The number of H-pyrrole nitrogens is 2. The van der Waals surface area contributed by atoms with Crippen molar-refractivity contribution >= 4 is 45.5 Å². The molecule has 11 heteroatoms. The Balaban J connectivity index is 1.58. The van der Waals surface area contributed by atoms with Crippen molar-refractivity contribution in [3.8, 4) is 5.75 Å². The first kappa shape index (κ1) is 21.3. The summed E-state index contributed by atoms with van der Waals surface area (Å²) in [6, 6.07) is 10.4. The maximum atomic E-state index is 12.5. The number of imide groups is 1. The van der Waals surface area contributed by atoms with Crippen LogP contribution in [0.25, 0.3) is 16.8 Å². The fraction of sp³-hybridized carbons (Fsp3) is 0.0952. The first-order valence-corrected chi connectivity index (χ1v) is 10.1. The van der Waals surface area contributed by atoms with Crippen molar-refractivity contribution < 1.29 is 19.1 Å². The Bertz CT molecular complexity index is 1380. The molecule has 3 aromatic rings. The summed E-state index contributed by atoms with van der Waals surface area (Å²) >= 11 is 0.821. The highest BCUT2D eigenvalue weighted by molar-refractivity contribution is 8.18. The Labute approximate surface area is 183 Å². The summed E-state index contributed by atoms with van der Waals surface area (Å²) in [6.45, 7) is -0.396. The number of Topliss-reactive ketones (excluding diaryl/α,β-unsaturated/α-hetero) is 1. The molecule has 1 aliphatic rings. The van der Waals surface area contributed by atoms with Gasteiger partial charge in [0.25, 0.3) is 16.7 Å². The number of aromatic nitrogens is 2. The Morgan fingerprint density at radius 2 is 1.81 bits per heavy atom. The quantitative estimate of drug-likeness (QED) is 0.405. The van der Waals surface area contributed by atoms with E-state index in [1.807, 2.05) is 17.1 Å². The molecule has 1 atom stereocenters. The summed E-state index contributed by atoms with van der Waals surface area (Å²) in [4.78, 5) is 63.2.